The molecule has 14 heteroatoms. The number of amides is 1. The van der Waals surface area contributed by atoms with Crippen LogP contribution < -0.4 is 15.5 Å². The first-order valence-corrected chi connectivity index (χ1v) is 10.5. The second-order valence-electron chi connectivity index (χ2n) is 8.07. The molecule has 1 aliphatic rings. The number of hydrogen-bond acceptors (Lipinski definition) is 5. The molecule has 3 aromatic rings. The molecule has 1 atom stereocenters. The highest BCUT2D eigenvalue weighted by Crippen LogP contribution is 2.45. The number of hydrogen-bond donors (Lipinski definition) is 4. The Labute approximate surface area is 194 Å². The van der Waals surface area contributed by atoms with Gasteiger partial charge < -0.3 is 20.7 Å². The molecule has 8 nitrogen and oxygen atoms in total. The number of carboxylic acid groups (broad SMARTS) is 1. The lowest BCUT2D eigenvalue weighted by Crippen LogP contribution is -2.38. The van der Waals surface area contributed by atoms with Crippen LogP contribution in [0.15, 0.2) is 24.5 Å². The maximum atomic E-state index is 13.9. The lowest BCUT2D eigenvalue weighted by molar-refractivity contribution is -0.137. The van der Waals surface area contributed by atoms with E-state index < -0.39 is 46.5 Å². The summed E-state index contributed by atoms with van der Waals surface area (Å²) in [6, 6.07) is 1.91. The van der Waals surface area contributed by atoms with Gasteiger partial charge in [-0.25, -0.2) is 14.8 Å². The summed E-state index contributed by atoms with van der Waals surface area (Å²) in [5.41, 5.74) is -4.59. The van der Waals surface area contributed by atoms with Crippen molar-refractivity contribution < 1.29 is 36.2 Å². The number of benzene rings is 1. The van der Waals surface area contributed by atoms with Gasteiger partial charge in [-0.2, -0.15) is 26.3 Å². The van der Waals surface area contributed by atoms with Crippen LogP contribution in [0.1, 0.15) is 24.0 Å². The summed E-state index contributed by atoms with van der Waals surface area (Å²) in [6.07, 6.45) is -8.33. The SMILES string of the molecule is CN(C(=O)O)c1ccc2c(-c3nc(NC4CCCNC4)ncc3C(F)(F)F)c[nH]c2c1C(F)(F)F. The minimum Gasteiger partial charge on any atom is -0.465 e. The summed E-state index contributed by atoms with van der Waals surface area (Å²) in [7, 11) is 0.937. The number of anilines is 2. The predicted molar refractivity (Wildman–Crippen MR) is 115 cm³/mol. The van der Waals surface area contributed by atoms with Gasteiger partial charge in [0, 0.05) is 43.0 Å². The second kappa shape index (κ2) is 8.91. The first kappa shape index (κ1) is 24.6. The number of halogens is 6. The van der Waals surface area contributed by atoms with Gasteiger partial charge in [0.05, 0.1) is 16.9 Å². The summed E-state index contributed by atoms with van der Waals surface area (Å²) in [4.78, 5) is 21.9. The number of fused-ring (bicyclic) bond motifs is 1. The van der Waals surface area contributed by atoms with Crippen molar-refractivity contribution in [2.24, 2.45) is 0 Å². The van der Waals surface area contributed by atoms with Crippen molar-refractivity contribution in [1.82, 2.24) is 20.3 Å². The van der Waals surface area contributed by atoms with Gasteiger partial charge in [-0.15, -0.1) is 0 Å². The average molecular weight is 502 g/mol. The summed E-state index contributed by atoms with van der Waals surface area (Å²) in [5, 5.41) is 15.1. The van der Waals surface area contributed by atoms with Crippen LogP contribution in [-0.4, -0.2) is 52.3 Å². The molecule has 2 aromatic heterocycles. The number of piperidine rings is 1. The van der Waals surface area contributed by atoms with E-state index in [2.05, 4.69) is 25.6 Å². The van der Waals surface area contributed by atoms with Gasteiger partial charge in [0.2, 0.25) is 5.95 Å². The third-order valence-corrected chi connectivity index (χ3v) is 5.75. The summed E-state index contributed by atoms with van der Waals surface area (Å²) in [5.74, 6) is -0.0886. The van der Waals surface area contributed by atoms with Crippen molar-refractivity contribution in [2.75, 3.05) is 30.4 Å². The first-order chi connectivity index (χ1) is 16.4. The smallest absolute Gasteiger partial charge is 0.420 e. The molecule has 0 aliphatic carbocycles. The molecule has 0 radical (unpaired) electrons. The van der Waals surface area contributed by atoms with Gasteiger partial charge in [-0.05, 0) is 25.5 Å². The van der Waals surface area contributed by atoms with E-state index in [4.69, 9.17) is 5.11 Å². The van der Waals surface area contributed by atoms with Gasteiger partial charge in [0.15, 0.2) is 0 Å². The molecular weight excluding hydrogens is 482 g/mol. The van der Waals surface area contributed by atoms with Crippen LogP contribution in [0.2, 0.25) is 0 Å². The summed E-state index contributed by atoms with van der Waals surface area (Å²) < 4.78 is 83.2. The van der Waals surface area contributed by atoms with Crippen LogP contribution in [-0.2, 0) is 12.4 Å². The molecular formula is C21H20F6N6O2. The Morgan fingerprint density at radius 1 is 1.20 bits per heavy atom. The van der Waals surface area contributed by atoms with E-state index in [1.807, 2.05) is 0 Å². The molecule has 1 aromatic carbocycles. The third kappa shape index (κ3) is 4.83. The molecule has 0 bridgehead atoms. The zero-order chi connectivity index (χ0) is 25.5. The zero-order valence-corrected chi connectivity index (χ0v) is 18.2. The van der Waals surface area contributed by atoms with Crippen LogP contribution >= 0.6 is 0 Å². The van der Waals surface area contributed by atoms with Crippen molar-refractivity contribution in [2.45, 2.75) is 31.2 Å². The second-order valence-corrected chi connectivity index (χ2v) is 8.07. The number of aromatic nitrogens is 3. The van der Waals surface area contributed by atoms with Gasteiger partial charge in [0.25, 0.3) is 0 Å². The fraction of sp³-hybridized carbons (Fsp3) is 0.381. The molecule has 1 unspecified atom stereocenters. The molecule has 0 spiro atoms. The number of rotatable bonds is 4. The molecule has 1 saturated heterocycles. The predicted octanol–water partition coefficient (Wildman–Crippen LogP) is 4.94. The normalized spacial score (nSPS) is 16.9. The standard InChI is InChI=1S/C21H20F6N6O2/c1-33(19(34)35)14-5-4-11-12(8-29-17(11)15(14)21(25,26)27)16-13(20(22,23)24)9-30-18(32-16)31-10-3-2-6-28-7-10/h4-5,8-10,28-29H,2-3,6-7H2,1H3,(H,34,35)(H,30,31,32). The van der Waals surface area contributed by atoms with E-state index in [0.717, 1.165) is 44.8 Å². The van der Waals surface area contributed by atoms with Crippen LogP contribution in [0.5, 0.6) is 0 Å². The van der Waals surface area contributed by atoms with Crippen molar-refractivity contribution in [3.63, 3.8) is 0 Å². The Morgan fingerprint density at radius 2 is 1.94 bits per heavy atom. The van der Waals surface area contributed by atoms with Gasteiger partial charge in [-0.1, -0.05) is 6.07 Å². The van der Waals surface area contributed by atoms with Crippen LogP contribution in [0.4, 0.5) is 42.8 Å². The Hall–Kier alpha value is -3.55. The Balaban J connectivity index is 1.89. The van der Waals surface area contributed by atoms with E-state index in [1.165, 1.54) is 0 Å². The van der Waals surface area contributed by atoms with Gasteiger partial charge in [-0.3, -0.25) is 4.90 Å². The minimum atomic E-state index is -5.00. The summed E-state index contributed by atoms with van der Waals surface area (Å²) in [6.45, 7) is 1.37. The Kier molecular flexibility index (Phi) is 6.25. The maximum absolute atomic E-state index is 13.9. The van der Waals surface area contributed by atoms with Crippen LogP contribution in [0, 0.1) is 0 Å². The maximum Gasteiger partial charge on any atom is 0.420 e. The molecule has 4 rings (SSSR count). The van der Waals surface area contributed by atoms with Gasteiger partial charge in [0.1, 0.15) is 11.1 Å². The van der Waals surface area contributed by atoms with Crippen LogP contribution in [0.25, 0.3) is 22.2 Å². The van der Waals surface area contributed by atoms with Crippen molar-refractivity contribution in [3.8, 4) is 11.3 Å². The molecule has 4 N–H and O–H groups in total. The van der Waals surface area contributed by atoms with Crippen molar-refractivity contribution in [1.29, 1.82) is 0 Å². The summed E-state index contributed by atoms with van der Waals surface area (Å²) >= 11 is 0. The molecule has 35 heavy (non-hydrogen) atoms. The Morgan fingerprint density at radius 3 is 2.54 bits per heavy atom. The highest BCUT2D eigenvalue weighted by molar-refractivity contribution is 6.01. The minimum absolute atomic E-state index is 0.0886. The van der Waals surface area contributed by atoms with Gasteiger partial charge >= 0.3 is 18.4 Å². The zero-order valence-electron chi connectivity index (χ0n) is 18.2. The highest BCUT2D eigenvalue weighted by Gasteiger charge is 2.40. The first-order valence-electron chi connectivity index (χ1n) is 10.5. The number of nitrogens with zero attached hydrogens (tertiary/aromatic N) is 3. The molecule has 0 saturated carbocycles. The molecule has 1 aliphatic heterocycles. The number of aromatic amines is 1. The fourth-order valence-electron chi connectivity index (χ4n) is 4.08. The fourth-order valence-corrected chi connectivity index (χ4v) is 4.08. The lowest BCUT2D eigenvalue weighted by atomic mass is 10.0. The monoisotopic (exact) mass is 502 g/mol. The van der Waals surface area contributed by atoms with E-state index in [1.54, 1.807) is 0 Å². The van der Waals surface area contributed by atoms with Crippen molar-refractivity contribution >= 4 is 28.6 Å². The van der Waals surface area contributed by atoms with E-state index in [-0.39, 0.29) is 22.9 Å². The number of carbonyl (C=O) groups is 1. The molecule has 1 amide bonds. The topological polar surface area (TPSA) is 106 Å². The molecule has 1 fully saturated rings. The largest absolute Gasteiger partial charge is 0.465 e. The van der Waals surface area contributed by atoms with Crippen molar-refractivity contribution in [3.05, 3.63) is 35.7 Å². The molecule has 3 heterocycles. The molecule has 188 valence electrons. The van der Waals surface area contributed by atoms with E-state index >= 15 is 0 Å². The highest BCUT2D eigenvalue weighted by atomic mass is 19.4. The third-order valence-electron chi connectivity index (χ3n) is 5.75. The van der Waals surface area contributed by atoms with E-state index in [0.29, 0.717) is 17.6 Å². The number of nitrogens with one attached hydrogen (secondary N) is 3. The Bertz CT molecular complexity index is 1250. The number of H-pyrrole nitrogens is 1. The van der Waals surface area contributed by atoms with Crippen LogP contribution in [0.3, 0.4) is 0 Å². The lowest BCUT2D eigenvalue weighted by Gasteiger charge is -2.24. The quantitative estimate of drug-likeness (QED) is 0.377. The number of alkyl halides is 6. The van der Waals surface area contributed by atoms with E-state index in [9.17, 15) is 31.1 Å². The average Bonchev–Trinajstić information content (AvgIpc) is 3.21.